The lowest BCUT2D eigenvalue weighted by atomic mass is 10.2. The van der Waals surface area contributed by atoms with Crippen LogP contribution in [0.4, 0.5) is 5.69 Å². The van der Waals surface area contributed by atoms with Crippen LogP contribution < -0.4 is 21.9 Å². The Bertz CT molecular complexity index is 913. The Morgan fingerprint density at radius 2 is 1.96 bits per heavy atom. The topological polar surface area (TPSA) is 113 Å². The molecule has 3 aromatic rings. The molecule has 1 amide bonds. The van der Waals surface area contributed by atoms with E-state index in [1.54, 1.807) is 6.20 Å². The SMILES string of the molecule is CC(=O)NCc1ccc(N(N)/C=C(\N)c2n[nH]c3ccccc23)cc1. The lowest BCUT2D eigenvalue weighted by Gasteiger charge is -2.15. The van der Waals surface area contributed by atoms with Gasteiger partial charge in [-0.05, 0) is 23.8 Å². The molecule has 0 saturated carbocycles. The second kappa shape index (κ2) is 7.06. The summed E-state index contributed by atoms with van der Waals surface area (Å²) in [5.74, 6) is 6.02. The summed E-state index contributed by atoms with van der Waals surface area (Å²) >= 11 is 0. The van der Waals surface area contributed by atoms with E-state index in [0.29, 0.717) is 17.9 Å². The minimum Gasteiger partial charge on any atom is -0.396 e. The summed E-state index contributed by atoms with van der Waals surface area (Å²) in [6.45, 7) is 1.97. The fourth-order valence-corrected chi connectivity index (χ4v) is 2.48. The van der Waals surface area contributed by atoms with Crippen molar-refractivity contribution < 1.29 is 4.79 Å². The highest BCUT2D eigenvalue weighted by molar-refractivity contribution is 5.89. The van der Waals surface area contributed by atoms with Gasteiger partial charge in [0, 0.05) is 25.1 Å². The van der Waals surface area contributed by atoms with Crippen LogP contribution in [0.3, 0.4) is 0 Å². The highest BCUT2D eigenvalue weighted by Crippen LogP contribution is 2.21. The van der Waals surface area contributed by atoms with E-state index < -0.39 is 0 Å². The fraction of sp³-hybridized carbons (Fsp3) is 0.111. The molecule has 1 aromatic heterocycles. The minimum atomic E-state index is -0.0635. The van der Waals surface area contributed by atoms with Crippen LogP contribution in [0, 0.1) is 0 Å². The number of H-pyrrole nitrogens is 1. The number of anilines is 1. The zero-order valence-corrected chi connectivity index (χ0v) is 13.9. The zero-order valence-electron chi connectivity index (χ0n) is 13.9. The number of carbonyl (C=O) groups excluding carboxylic acids is 1. The number of rotatable bonds is 5. The Morgan fingerprint density at radius 1 is 1.24 bits per heavy atom. The summed E-state index contributed by atoms with van der Waals surface area (Å²) in [5.41, 5.74) is 9.96. The zero-order chi connectivity index (χ0) is 17.8. The summed E-state index contributed by atoms with van der Waals surface area (Å²) in [5, 5.41) is 12.3. The summed E-state index contributed by atoms with van der Waals surface area (Å²) < 4.78 is 0. The van der Waals surface area contributed by atoms with E-state index in [1.807, 2.05) is 48.5 Å². The molecule has 0 saturated heterocycles. The van der Waals surface area contributed by atoms with Gasteiger partial charge >= 0.3 is 0 Å². The van der Waals surface area contributed by atoms with Crippen LogP contribution in [0.5, 0.6) is 0 Å². The maximum Gasteiger partial charge on any atom is 0.217 e. The molecule has 6 N–H and O–H groups in total. The third-order valence-corrected chi connectivity index (χ3v) is 3.80. The maximum absolute atomic E-state index is 10.9. The number of para-hydroxylation sites is 1. The van der Waals surface area contributed by atoms with Crippen molar-refractivity contribution in [3.8, 4) is 0 Å². The number of hydrogen-bond acceptors (Lipinski definition) is 5. The lowest BCUT2D eigenvalue weighted by Crippen LogP contribution is -2.26. The summed E-state index contributed by atoms with van der Waals surface area (Å²) in [4.78, 5) is 10.9. The molecular formula is C18H20N6O. The molecule has 0 atom stereocenters. The quantitative estimate of drug-likeness (QED) is 0.419. The molecule has 7 nitrogen and oxygen atoms in total. The van der Waals surface area contributed by atoms with E-state index in [9.17, 15) is 4.79 Å². The molecule has 3 rings (SSSR count). The number of nitrogens with zero attached hydrogens (tertiary/aromatic N) is 2. The van der Waals surface area contributed by atoms with Gasteiger partial charge < -0.3 is 11.1 Å². The summed E-state index contributed by atoms with van der Waals surface area (Å²) in [7, 11) is 0. The van der Waals surface area contributed by atoms with E-state index in [4.69, 9.17) is 11.6 Å². The van der Waals surface area contributed by atoms with Crippen LogP contribution >= 0.6 is 0 Å². The predicted molar refractivity (Wildman–Crippen MR) is 98.9 cm³/mol. The molecule has 0 aliphatic carbocycles. The number of nitrogens with one attached hydrogen (secondary N) is 2. The van der Waals surface area contributed by atoms with Gasteiger partial charge in [-0.2, -0.15) is 5.10 Å². The van der Waals surface area contributed by atoms with Gasteiger partial charge in [-0.3, -0.25) is 14.9 Å². The Hall–Kier alpha value is -3.32. The number of amides is 1. The number of benzene rings is 2. The molecule has 0 bridgehead atoms. The molecule has 0 spiro atoms. The van der Waals surface area contributed by atoms with E-state index in [1.165, 1.54) is 11.9 Å². The lowest BCUT2D eigenvalue weighted by molar-refractivity contribution is -0.119. The Labute approximate surface area is 145 Å². The van der Waals surface area contributed by atoms with Crippen LogP contribution in [0.2, 0.25) is 0 Å². The summed E-state index contributed by atoms with van der Waals surface area (Å²) in [6, 6.07) is 15.3. The van der Waals surface area contributed by atoms with Crippen molar-refractivity contribution in [2.45, 2.75) is 13.5 Å². The van der Waals surface area contributed by atoms with Crippen LogP contribution in [0.1, 0.15) is 18.2 Å². The molecule has 0 fully saturated rings. The average molecular weight is 336 g/mol. The van der Waals surface area contributed by atoms with Gasteiger partial charge in [0.05, 0.1) is 16.9 Å². The van der Waals surface area contributed by atoms with Gasteiger partial charge in [0.25, 0.3) is 0 Å². The first-order chi connectivity index (χ1) is 12.0. The van der Waals surface area contributed by atoms with Crippen molar-refractivity contribution in [3.05, 3.63) is 66.0 Å². The van der Waals surface area contributed by atoms with E-state index >= 15 is 0 Å². The van der Waals surface area contributed by atoms with E-state index in [2.05, 4.69) is 15.5 Å². The Balaban J connectivity index is 1.77. The van der Waals surface area contributed by atoms with Crippen molar-refractivity contribution in [2.24, 2.45) is 11.6 Å². The normalized spacial score (nSPS) is 11.5. The van der Waals surface area contributed by atoms with Crippen LogP contribution in [-0.2, 0) is 11.3 Å². The first-order valence-electron chi connectivity index (χ1n) is 7.82. The van der Waals surface area contributed by atoms with Crippen molar-refractivity contribution in [2.75, 3.05) is 5.01 Å². The van der Waals surface area contributed by atoms with E-state index in [-0.39, 0.29) is 5.91 Å². The van der Waals surface area contributed by atoms with Gasteiger partial charge in [0.15, 0.2) is 0 Å². The first-order valence-corrected chi connectivity index (χ1v) is 7.82. The Morgan fingerprint density at radius 3 is 2.68 bits per heavy atom. The molecule has 0 radical (unpaired) electrons. The van der Waals surface area contributed by atoms with Gasteiger partial charge in [0.2, 0.25) is 5.91 Å². The molecule has 25 heavy (non-hydrogen) atoms. The van der Waals surface area contributed by atoms with Crippen molar-refractivity contribution in [3.63, 3.8) is 0 Å². The average Bonchev–Trinajstić information content (AvgIpc) is 3.04. The number of hydrogen-bond donors (Lipinski definition) is 4. The molecule has 0 aliphatic heterocycles. The van der Waals surface area contributed by atoms with Crippen molar-refractivity contribution in [1.82, 2.24) is 15.5 Å². The molecular weight excluding hydrogens is 316 g/mol. The standard InChI is InChI=1S/C18H20N6O/c1-12(25)21-10-13-6-8-14(9-7-13)24(20)11-16(19)18-15-4-2-3-5-17(15)22-23-18/h2-9,11H,10,19-20H2,1H3,(H,21,25)(H,22,23)/b16-11-. The second-order valence-corrected chi connectivity index (χ2v) is 5.69. The van der Waals surface area contributed by atoms with Crippen LogP contribution in [-0.4, -0.2) is 16.1 Å². The fourth-order valence-electron chi connectivity index (χ4n) is 2.48. The molecule has 0 aliphatic rings. The number of nitrogens with two attached hydrogens (primary N) is 2. The van der Waals surface area contributed by atoms with Crippen molar-refractivity contribution in [1.29, 1.82) is 0 Å². The maximum atomic E-state index is 10.9. The van der Waals surface area contributed by atoms with E-state index in [0.717, 1.165) is 22.2 Å². The second-order valence-electron chi connectivity index (χ2n) is 5.69. The molecule has 128 valence electrons. The van der Waals surface area contributed by atoms with Gasteiger partial charge in [-0.15, -0.1) is 0 Å². The number of fused-ring (bicyclic) bond motifs is 1. The predicted octanol–water partition coefficient (Wildman–Crippen LogP) is 1.84. The molecule has 2 aromatic carbocycles. The third kappa shape index (κ3) is 3.78. The monoisotopic (exact) mass is 336 g/mol. The number of hydrazine groups is 1. The number of aromatic amines is 1. The highest BCUT2D eigenvalue weighted by atomic mass is 16.1. The Kier molecular flexibility index (Phi) is 4.67. The van der Waals surface area contributed by atoms with Crippen LogP contribution in [0.15, 0.2) is 54.7 Å². The molecule has 7 heteroatoms. The van der Waals surface area contributed by atoms with Crippen LogP contribution in [0.25, 0.3) is 16.6 Å². The first kappa shape index (κ1) is 16.5. The summed E-state index contributed by atoms with van der Waals surface area (Å²) in [6.07, 6.45) is 1.63. The van der Waals surface area contributed by atoms with Gasteiger partial charge in [-0.1, -0.05) is 30.3 Å². The molecule has 1 heterocycles. The molecule has 0 unspecified atom stereocenters. The highest BCUT2D eigenvalue weighted by Gasteiger charge is 2.09. The van der Waals surface area contributed by atoms with Crippen molar-refractivity contribution >= 4 is 28.2 Å². The number of carbonyl (C=O) groups is 1. The minimum absolute atomic E-state index is 0.0635. The largest absolute Gasteiger partial charge is 0.396 e. The smallest absolute Gasteiger partial charge is 0.217 e. The van der Waals surface area contributed by atoms with Gasteiger partial charge in [-0.25, -0.2) is 5.84 Å². The van der Waals surface area contributed by atoms with Gasteiger partial charge in [0.1, 0.15) is 5.69 Å². The number of aromatic nitrogens is 2. The third-order valence-electron chi connectivity index (χ3n) is 3.80.